The van der Waals surface area contributed by atoms with Gasteiger partial charge in [0, 0.05) is 5.92 Å². The molecule has 1 aliphatic carbocycles. The molecule has 0 aromatic heterocycles. The fourth-order valence-electron chi connectivity index (χ4n) is 3.27. The number of alkyl halides is 3. The van der Waals surface area contributed by atoms with Crippen LogP contribution in [0.5, 0.6) is 11.5 Å². The number of carbonyl (C=O) groups is 1. The molecule has 0 heterocycles. The summed E-state index contributed by atoms with van der Waals surface area (Å²) >= 11 is 0. The fraction of sp³-hybridized carbons (Fsp3) is 0.286. The molecule has 0 saturated carbocycles. The molecule has 1 amide bonds. The number of ether oxygens (including phenoxy) is 2. The summed E-state index contributed by atoms with van der Waals surface area (Å²) < 4.78 is 48.2. The zero-order valence-electron chi connectivity index (χ0n) is 15.6. The van der Waals surface area contributed by atoms with E-state index in [2.05, 4.69) is 4.74 Å². The Kier molecular flexibility index (Phi) is 6.12. The van der Waals surface area contributed by atoms with Crippen LogP contribution in [-0.4, -0.2) is 29.5 Å². The Labute approximate surface area is 165 Å². The van der Waals surface area contributed by atoms with Crippen LogP contribution in [0.25, 0.3) is 0 Å². The number of nitrogens with zero attached hydrogens (tertiary/aromatic N) is 1. The van der Waals surface area contributed by atoms with Crippen molar-refractivity contribution in [3.8, 4) is 11.5 Å². The number of benzene rings is 2. The molecule has 154 valence electrons. The van der Waals surface area contributed by atoms with Gasteiger partial charge in [-0.15, -0.1) is 0 Å². The first-order valence-electron chi connectivity index (χ1n) is 8.94. The van der Waals surface area contributed by atoms with Gasteiger partial charge in [-0.05, 0) is 54.8 Å². The summed E-state index contributed by atoms with van der Waals surface area (Å²) in [6.45, 7) is 0. The number of hydrogen-bond donors (Lipinski definition) is 1. The summed E-state index contributed by atoms with van der Waals surface area (Å²) in [5, 5.41) is 10.6. The molecular weight excluding hydrogens is 387 g/mol. The van der Waals surface area contributed by atoms with Crippen LogP contribution in [0, 0.1) is 5.92 Å². The molecule has 0 saturated heterocycles. The highest BCUT2D eigenvalue weighted by Gasteiger charge is 2.32. The Morgan fingerprint density at radius 1 is 1.17 bits per heavy atom. The van der Waals surface area contributed by atoms with Crippen LogP contribution in [0.4, 0.5) is 18.0 Å². The van der Waals surface area contributed by atoms with Crippen molar-refractivity contribution in [2.24, 2.45) is 5.92 Å². The summed E-state index contributed by atoms with van der Waals surface area (Å²) in [6.07, 6.45) is -0.334. The summed E-state index contributed by atoms with van der Waals surface area (Å²) in [4.78, 5) is 11.6. The zero-order valence-corrected chi connectivity index (χ0v) is 15.6. The van der Waals surface area contributed by atoms with E-state index in [0.717, 1.165) is 17.7 Å². The molecule has 0 aliphatic heterocycles. The number of carbonyl (C=O) groups excluding carboxylic acids is 1. The van der Waals surface area contributed by atoms with Gasteiger partial charge in [-0.3, -0.25) is 5.21 Å². The molecule has 0 unspecified atom stereocenters. The van der Waals surface area contributed by atoms with Crippen LogP contribution >= 0.6 is 0 Å². The highest BCUT2D eigenvalue weighted by Crippen LogP contribution is 2.32. The second-order valence-corrected chi connectivity index (χ2v) is 6.69. The maximum Gasteiger partial charge on any atom is 0.433 e. The molecular formula is C21H20F3NO4. The fourth-order valence-corrected chi connectivity index (χ4v) is 3.27. The predicted molar refractivity (Wildman–Crippen MR) is 98.7 cm³/mol. The summed E-state index contributed by atoms with van der Waals surface area (Å²) in [5.41, 5.74) is 0.158. The Hall–Kier alpha value is -3.00. The minimum Gasteiger partial charge on any atom is -0.457 e. The maximum absolute atomic E-state index is 12.7. The Morgan fingerprint density at radius 2 is 1.90 bits per heavy atom. The Bertz CT molecular complexity index is 880. The minimum atomic E-state index is -4.39. The molecule has 2 atom stereocenters. The molecule has 2 aromatic rings. The second-order valence-electron chi connectivity index (χ2n) is 6.69. The van der Waals surface area contributed by atoms with E-state index < -0.39 is 23.9 Å². The molecule has 29 heavy (non-hydrogen) atoms. The van der Waals surface area contributed by atoms with Gasteiger partial charge in [0.2, 0.25) is 0 Å². The average molecular weight is 407 g/mol. The standard InChI is InChI=1S/C21H20F3NO4/c1-28-20(26)25(27)19-7-3-5-15(19)12-14-4-2-6-18(13-14)29-17-10-8-16(9-11-17)21(22,23)24/h2-6,8-11,13,15,19,27H,7,12H2,1H3/t15-,19+/m0/s1. The number of methoxy groups -OCH3 is 1. The smallest absolute Gasteiger partial charge is 0.433 e. The van der Waals surface area contributed by atoms with E-state index in [1.54, 1.807) is 18.2 Å². The Balaban J connectivity index is 1.68. The third kappa shape index (κ3) is 5.08. The SMILES string of the molecule is COC(=O)N(O)[C@@H]1CC=C[C@H]1Cc1cccc(Oc2ccc(C(F)(F)F)cc2)c1. The van der Waals surface area contributed by atoms with Gasteiger partial charge in [-0.2, -0.15) is 18.2 Å². The lowest BCUT2D eigenvalue weighted by molar-refractivity contribution is -0.137. The van der Waals surface area contributed by atoms with Crippen LogP contribution in [0.15, 0.2) is 60.7 Å². The quantitative estimate of drug-likeness (QED) is 0.407. The number of hydroxylamine groups is 2. The van der Waals surface area contributed by atoms with E-state index in [-0.39, 0.29) is 5.92 Å². The maximum atomic E-state index is 12.7. The van der Waals surface area contributed by atoms with E-state index in [1.165, 1.54) is 19.2 Å². The monoisotopic (exact) mass is 407 g/mol. The van der Waals surface area contributed by atoms with Gasteiger partial charge >= 0.3 is 12.3 Å². The molecule has 2 aromatic carbocycles. The van der Waals surface area contributed by atoms with Crippen molar-refractivity contribution in [3.63, 3.8) is 0 Å². The molecule has 8 heteroatoms. The van der Waals surface area contributed by atoms with E-state index in [0.29, 0.717) is 29.4 Å². The lowest BCUT2D eigenvalue weighted by Gasteiger charge is -2.26. The molecule has 1 aliphatic rings. The van der Waals surface area contributed by atoms with E-state index in [1.807, 2.05) is 18.2 Å². The predicted octanol–water partition coefficient (Wildman–Crippen LogP) is 5.44. The van der Waals surface area contributed by atoms with Crippen LogP contribution in [-0.2, 0) is 17.3 Å². The van der Waals surface area contributed by atoms with Crippen LogP contribution in [0.2, 0.25) is 0 Å². The first kappa shape index (κ1) is 20.7. The lowest BCUT2D eigenvalue weighted by atomic mass is 9.94. The molecule has 5 nitrogen and oxygen atoms in total. The van der Waals surface area contributed by atoms with Gasteiger partial charge in [-0.25, -0.2) is 4.79 Å². The van der Waals surface area contributed by atoms with Gasteiger partial charge in [0.1, 0.15) is 11.5 Å². The highest BCUT2D eigenvalue weighted by atomic mass is 19.4. The molecule has 3 rings (SSSR count). The first-order valence-corrected chi connectivity index (χ1v) is 8.94. The Morgan fingerprint density at radius 3 is 2.55 bits per heavy atom. The van der Waals surface area contributed by atoms with Crippen molar-refractivity contribution in [1.82, 2.24) is 5.06 Å². The van der Waals surface area contributed by atoms with E-state index in [4.69, 9.17) is 4.74 Å². The minimum absolute atomic E-state index is 0.111. The van der Waals surface area contributed by atoms with Gasteiger partial charge in [0.15, 0.2) is 0 Å². The largest absolute Gasteiger partial charge is 0.457 e. The van der Waals surface area contributed by atoms with Crippen molar-refractivity contribution in [3.05, 3.63) is 71.8 Å². The second kappa shape index (κ2) is 8.57. The lowest BCUT2D eigenvalue weighted by Crippen LogP contribution is -2.40. The number of amides is 1. The van der Waals surface area contributed by atoms with Crippen molar-refractivity contribution in [2.75, 3.05) is 7.11 Å². The summed E-state index contributed by atoms with van der Waals surface area (Å²) in [7, 11) is 1.20. The topological polar surface area (TPSA) is 59.0 Å². The first-order chi connectivity index (χ1) is 13.8. The van der Waals surface area contributed by atoms with Crippen LogP contribution in [0.3, 0.4) is 0 Å². The third-order valence-corrected chi connectivity index (χ3v) is 4.72. The van der Waals surface area contributed by atoms with Crippen LogP contribution in [0.1, 0.15) is 17.5 Å². The van der Waals surface area contributed by atoms with Gasteiger partial charge in [0.25, 0.3) is 0 Å². The van der Waals surface area contributed by atoms with Gasteiger partial charge in [-0.1, -0.05) is 24.3 Å². The number of hydrogen-bond acceptors (Lipinski definition) is 4. The molecule has 0 spiro atoms. The summed E-state index contributed by atoms with van der Waals surface area (Å²) in [6, 6.07) is 11.2. The summed E-state index contributed by atoms with van der Waals surface area (Å²) in [5.74, 6) is 0.663. The van der Waals surface area contributed by atoms with Gasteiger partial charge < -0.3 is 9.47 Å². The van der Waals surface area contributed by atoms with Crippen molar-refractivity contribution >= 4 is 6.09 Å². The van der Waals surface area contributed by atoms with Crippen molar-refractivity contribution in [2.45, 2.75) is 25.1 Å². The van der Waals surface area contributed by atoms with Gasteiger partial charge in [0.05, 0.1) is 18.7 Å². The van der Waals surface area contributed by atoms with Crippen LogP contribution < -0.4 is 4.74 Å². The molecule has 1 N–H and O–H groups in total. The van der Waals surface area contributed by atoms with E-state index >= 15 is 0 Å². The highest BCUT2D eigenvalue weighted by molar-refractivity contribution is 5.66. The molecule has 0 radical (unpaired) electrons. The van der Waals surface area contributed by atoms with E-state index in [9.17, 15) is 23.2 Å². The normalized spacial score (nSPS) is 18.5. The molecule has 0 bridgehead atoms. The molecule has 0 fully saturated rings. The zero-order chi connectivity index (χ0) is 21.0. The number of rotatable bonds is 5. The number of halogens is 3. The third-order valence-electron chi connectivity index (χ3n) is 4.72. The van der Waals surface area contributed by atoms with Crippen molar-refractivity contribution < 1.29 is 32.6 Å². The average Bonchev–Trinajstić information content (AvgIpc) is 3.14. The van der Waals surface area contributed by atoms with Crippen molar-refractivity contribution in [1.29, 1.82) is 0 Å².